The molecule has 0 fully saturated rings. The van der Waals surface area contributed by atoms with Crippen LogP contribution in [0.5, 0.6) is 0 Å². The summed E-state index contributed by atoms with van der Waals surface area (Å²) >= 11 is 3.40. The minimum Gasteiger partial charge on any atom is -0.370 e. The van der Waals surface area contributed by atoms with E-state index in [0.29, 0.717) is 6.54 Å². The first-order chi connectivity index (χ1) is 5.70. The van der Waals surface area contributed by atoms with Crippen LogP contribution in [0.15, 0.2) is 33.7 Å². The summed E-state index contributed by atoms with van der Waals surface area (Å²) in [5.41, 5.74) is 11.5. The van der Waals surface area contributed by atoms with Crippen LogP contribution in [-0.4, -0.2) is 5.96 Å². The Balaban J connectivity index is 0.00000144. The topological polar surface area (TPSA) is 64.4 Å². The number of nitrogens with two attached hydrogens (primary N) is 2. The van der Waals surface area contributed by atoms with Crippen LogP contribution in [0.25, 0.3) is 0 Å². The smallest absolute Gasteiger partial charge is 0.186 e. The van der Waals surface area contributed by atoms with E-state index in [1.165, 1.54) is 0 Å². The lowest BCUT2D eigenvalue weighted by molar-refractivity contribution is 1.05. The standard InChI is InChI=1S/C8H10BrN3.BrH/c9-7-4-2-1-3-6(7)5-12-8(10)11;/h1-4H,5H2,(H4,10,11,12);1H. The molecule has 0 radical (unpaired) electrons. The molecule has 0 saturated heterocycles. The summed E-state index contributed by atoms with van der Waals surface area (Å²) in [4.78, 5) is 3.90. The van der Waals surface area contributed by atoms with Gasteiger partial charge in [0.2, 0.25) is 0 Å². The van der Waals surface area contributed by atoms with Crippen molar-refractivity contribution in [3.63, 3.8) is 0 Å². The van der Waals surface area contributed by atoms with Gasteiger partial charge in [-0.3, -0.25) is 0 Å². The Labute approximate surface area is 96.1 Å². The Kier molecular flexibility index (Phi) is 5.73. The van der Waals surface area contributed by atoms with E-state index >= 15 is 0 Å². The quantitative estimate of drug-likeness (QED) is 0.646. The van der Waals surface area contributed by atoms with E-state index in [4.69, 9.17) is 11.5 Å². The van der Waals surface area contributed by atoms with E-state index in [2.05, 4.69) is 20.9 Å². The van der Waals surface area contributed by atoms with E-state index in [9.17, 15) is 0 Å². The van der Waals surface area contributed by atoms with E-state index in [-0.39, 0.29) is 22.9 Å². The van der Waals surface area contributed by atoms with Crippen molar-refractivity contribution in [2.24, 2.45) is 16.5 Å². The molecule has 0 aromatic heterocycles. The molecule has 0 amide bonds. The van der Waals surface area contributed by atoms with Crippen molar-refractivity contribution in [1.29, 1.82) is 0 Å². The van der Waals surface area contributed by atoms with Gasteiger partial charge in [0.1, 0.15) is 0 Å². The number of nitrogens with zero attached hydrogens (tertiary/aromatic N) is 1. The molecular formula is C8H11Br2N3. The summed E-state index contributed by atoms with van der Waals surface area (Å²) in [5, 5.41) is 0. The fraction of sp³-hybridized carbons (Fsp3) is 0.125. The highest BCUT2D eigenvalue weighted by atomic mass is 79.9. The maximum atomic E-state index is 5.20. The van der Waals surface area contributed by atoms with Crippen LogP contribution in [-0.2, 0) is 6.54 Å². The molecule has 0 atom stereocenters. The van der Waals surface area contributed by atoms with Gasteiger partial charge in [0.15, 0.2) is 5.96 Å². The summed E-state index contributed by atoms with van der Waals surface area (Å²) in [7, 11) is 0. The molecule has 3 nitrogen and oxygen atoms in total. The first-order valence-electron chi connectivity index (χ1n) is 3.49. The molecule has 0 saturated carbocycles. The van der Waals surface area contributed by atoms with Crippen molar-refractivity contribution in [1.82, 2.24) is 0 Å². The minimum absolute atomic E-state index is 0. The molecule has 0 aliphatic carbocycles. The zero-order chi connectivity index (χ0) is 8.97. The summed E-state index contributed by atoms with van der Waals surface area (Å²) in [6.45, 7) is 0.518. The Bertz CT molecular complexity index is 295. The van der Waals surface area contributed by atoms with E-state index < -0.39 is 0 Å². The second-order valence-corrected chi connectivity index (χ2v) is 3.19. The number of halogens is 2. The lowest BCUT2D eigenvalue weighted by Gasteiger charge is -1.99. The highest BCUT2D eigenvalue weighted by molar-refractivity contribution is 9.10. The van der Waals surface area contributed by atoms with E-state index in [0.717, 1.165) is 10.0 Å². The molecule has 5 heteroatoms. The maximum absolute atomic E-state index is 5.20. The van der Waals surface area contributed by atoms with E-state index in [1.807, 2.05) is 24.3 Å². The van der Waals surface area contributed by atoms with Gasteiger partial charge in [-0.2, -0.15) is 0 Å². The lowest BCUT2D eigenvalue weighted by atomic mass is 10.2. The second-order valence-electron chi connectivity index (χ2n) is 2.33. The normalized spacial score (nSPS) is 8.69. The number of hydrogen-bond donors (Lipinski definition) is 2. The van der Waals surface area contributed by atoms with Gasteiger partial charge in [-0.25, -0.2) is 4.99 Å². The monoisotopic (exact) mass is 307 g/mol. The Morgan fingerprint density at radius 2 is 1.92 bits per heavy atom. The van der Waals surface area contributed by atoms with Crippen molar-refractivity contribution in [3.05, 3.63) is 34.3 Å². The molecule has 0 aliphatic heterocycles. The van der Waals surface area contributed by atoms with Gasteiger partial charge < -0.3 is 11.5 Å². The van der Waals surface area contributed by atoms with Gasteiger partial charge in [0, 0.05) is 4.47 Å². The van der Waals surface area contributed by atoms with Crippen molar-refractivity contribution in [3.8, 4) is 0 Å². The van der Waals surface area contributed by atoms with Gasteiger partial charge in [-0.1, -0.05) is 34.1 Å². The van der Waals surface area contributed by atoms with Crippen LogP contribution in [0.4, 0.5) is 0 Å². The van der Waals surface area contributed by atoms with Crippen LogP contribution in [0, 0.1) is 0 Å². The summed E-state index contributed by atoms with van der Waals surface area (Å²) in [6.07, 6.45) is 0. The zero-order valence-corrected chi connectivity index (χ0v) is 10.2. The second kappa shape index (κ2) is 5.99. The van der Waals surface area contributed by atoms with E-state index in [1.54, 1.807) is 0 Å². The molecule has 1 aromatic carbocycles. The number of hydrogen-bond acceptors (Lipinski definition) is 1. The average Bonchev–Trinajstić information content (AvgIpc) is 2.03. The molecule has 1 aromatic rings. The highest BCUT2D eigenvalue weighted by Crippen LogP contribution is 2.16. The number of benzene rings is 1. The lowest BCUT2D eigenvalue weighted by Crippen LogP contribution is -2.22. The molecule has 0 bridgehead atoms. The van der Waals surface area contributed by atoms with Gasteiger partial charge in [-0.05, 0) is 11.6 Å². The molecule has 0 aliphatic rings. The fourth-order valence-corrected chi connectivity index (χ4v) is 1.21. The van der Waals surface area contributed by atoms with Gasteiger partial charge in [0.25, 0.3) is 0 Å². The first kappa shape index (κ1) is 12.4. The van der Waals surface area contributed by atoms with Crippen molar-refractivity contribution in [2.75, 3.05) is 0 Å². The van der Waals surface area contributed by atoms with Crippen molar-refractivity contribution in [2.45, 2.75) is 6.54 Å². The molecular weight excluding hydrogens is 298 g/mol. The number of aliphatic imine (C=N–C) groups is 1. The first-order valence-corrected chi connectivity index (χ1v) is 4.28. The van der Waals surface area contributed by atoms with Crippen LogP contribution in [0.1, 0.15) is 5.56 Å². The summed E-state index contributed by atoms with van der Waals surface area (Å²) < 4.78 is 1.02. The fourth-order valence-electron chi connectivity index (χ4n) is 0.803. The van der Waals surface area contributed by atoms with Crippen LogP contribution >= 0.6 is 32.9 Å². The Morgan fingerprint density at radius 3 is 2.46 bits per heavy atom. The predicted molar refractivity (Wildman–Crippen MR) is 64.0 cm³/mol. The molecule has 0 unspecified atom stereocenters. The third-order valence-corrected chi connectivity index (χ3v) is 2.16. The predicted octanol–water partition coefficient (Wildman–Crippen LogP) is 1.80. The SMILES string of the molecule is Br.NC(N)=NCc1ccccc1Br. The molecule has 0 spiro atoms. The highest BCUT2D eigenvalue weighted by Gasteiger charge is 1.95. The Morgan fingerprint density at radius 1 is 1.31 bits per heavy atom. The van der Waals surface area contributed by atoms with Gasteiger partial charge in [0.05, 0.1) is 6.54 Å². The Hall–Kier alpha value is -0.550. The molecule has 4 N–H and O–H groups in total. The summed E-state index contributed by atoms with van der Waals surface area (Å²) in [5.74, 6) is 0.116. The van der Waals surface area contributed by atoms with Crippen LogP contribution in [0.2, 0.25) is 0 Å². The third kappa shape index (κ3) is 4.28. The average molecular weight is 309 g/mol. The summed E-state index contributed by atoms with van der Waals surface area (Å²) in [6, 6.07) is 7.82. The molecule has 72 valence electrons. The maximum Gasteiger partial charge on any atom is 0.186 e. The minimum atomic E-state index is 0. The van der Waals surface area contributed by atoms with Crippen molar-refractivity contribution < 1.29 is 0 Å². The number of guanidine groups is 1. The zero-order valence-electron chi connectivity index (χ0n) is 6.90. The molecule has 1 rings (SSSR count). The van der Waals surface area contributed by atoms with Gasteiger partial charge >= 0.3 is 0 Å². The third-order valence-electron chi connectivity index (χ3n) is 1.39. The molecule has 13 heavy (non-hydrogen) atoms. The van der Waals surface area contributed by atoms with Crippen LogP contribution in [0.3, 0.4) is 0 Å². The largest absolute Gasteiger partial charge is 0.370 e. The van der Waals surface area contributed by atoms with Crippen molar-refractivity contribution >= 4 is 38.9 Å². The number of rotatable bonds is 2. The van der Waals surface area contributed by atoms with Crippen LogP contribution < -0.4 is 11.5 Å². The molecule has 0 heterocycles. The van der Waals surface area contributed by atoms with Gasteiger partial charge in [-0.15, -0.1) is 17.0 Å².